The van der Waals surface area contributed by atoms with Crippen LogP contribution in [0.15, 0.2) is 72.3 Å². The zero-order chi connectivity index (χ0) is 23.0. The van der Waals surface area contributed by atoms with Gasteiger partial charge in [0.25, 0.3) is 11.6 Å². The first kappa shape index (κ1) is 24.9. The number of likely N-dealkylation sites (tertiary alicyclic amines) is 1. The van der Waals surface area contributed by atoms with E-state index in [1.54, 1.807) is 51.7 Å². The van der Waals surface area contributed by atoms with E-state index >= 15 is 0 Å². The number of amides is 1. The van der Waals surface area contributed by atoms with Gasteiger partial charge in [-0.05, 0) is 49.1 Å². The van der Waals surface area contributed by atoms with Crippen LogP contribution in [0, 0.1) is 5.92 Å². The van der Waals surface area contributed by atoms with Gasteiger partial charge >= 0.3 is 0 Å². The summed E-state index contributed by atoms with van der Waals surface area (Å²) in [5.41, 5.74) is -0.0766. The number of carbonyl (C=O) groups excluding carboxylic acids is 1. The molecule has 2 unspecified atom stereocenters. The second-order valence-corrected chi connectivity index (χ2v) is 8.00. The highest BCUT2D eigenvalue weighted by Gasteiger charge is 2.29. The van der Waals surface area contributed by atoms with Gasteiger partial charge in [-0.2, -0.15) is 8.78 Å². The van der Waals surface area contributed by atoms with Crippen molar-refractivity contribution in [1.29, 1.82) is 0 Å². The number of hydrogen-bond acceptors (Lipinski definition) is 1. The number of allylic oxidation sites excluding steroid dienone is 3. The average molecular weight is 444 g/mol. The molecule has 0 radical (unpaired) electrons. The van der Waals surface area contributed by atoms with E-state index in [0.29, 0.717) is 29.2 Å². The van der Waals surface area contributed by atoms with Gasteiger partial charge < -0.3 is 4.90 Å². The van der Waals surface area contributed by atoms with Gasteiger partial charge in [0, 0.05) is 30.1 Å². The predicted octanol–water partition coefficient (Wildman–Crippen LogP) is 7.29. The van der Waals surface area contributed by atoms with Crippen molar-refractivity contribution in [3.05, 3.63) is 83.5 Å². The Labute approximate surface area is 187 Å². The van der Waals surface area contributed by atoms with Gasteiger partial charge in [-0.1, -0.05) is 77.7 Å². The Hall–Kier alpha value is -2.32. The van der Waals surface area contributed by atoms with Crippen LogP contribution < -0.4 is 0 Å². The Kier molecular flexibility index (Phi) is 9.13. The van der Waals surface area contributed by atoms with Crippen molar-refractivity contribution in [1.82, 2.24) is 4.90 Å². The molecule has 2 atom stereocenters. The molecule has 1 fully saturated rings. The fourth-order valence-corrected chi connectivity index (χ4v) is 4.13. The summed E-state index contributed by atoms with van der Waals surface area (Å²) in [6.45, 7) is 9.44. The van der Waals surface area contributed by atoms with Crippen molar-refractivity contribution in [3.8, 4) is 11.1 Å². The molecule has 0 bridgehead atoms. The second-order valence-electron chi connectivity index (χ2n) is 7.27. The summed E-state index contributed by atoms with van der Waals surface area (Å²) in [5, 5.41) is 0. The van der Waals surface area contributed by atoms with E-state index in [0.717, 1.165) is 13.0 Å². The van der Waals surface area contributed by atoms with Gasteiger partial charge in [0.15, 0.2) is 0 Å². The van der Waals surface area contributed by atoms with E-state index in [-0.39, 0.29) is 11.5 Å². The maximum Gasteiger partial charge on any atom is 0.284 e. The fraction of sp³-hybridized carbons (Fsp3) is 0.346. The van der Waals surface area contributed by atoms with Crippen molar-refractivity contribution in [2.24, 2.45) is 5.92 Å². The Morgan fingerprint density at radius 2 is 1.74 bits per heavy atom. The predicted molar refractivity (Wildman–Crippen MR) is 129 cm³/mol. The molecule has 0 saturated carbocycles. The summed E-state index contributed by atoms with van der Waals surface area (Å²) in [4.78, 5) is 14.8. The third-order valence-electron chi connectivity index (χ3n) is 5.37. The molecule has 1 amide bonds. The first-order chi connectivity index (χ1) is 14.8. The van der Waals surface area contributed by atoms with Crippen LogP contribution in [-0.2, 0) is 5.66 Å². The van der Waals surface area contributed by atoms with E-state index < -0.39 is 5.66 Å². The highest BCUT2D eigenvalue weighted by Crippen LogP contribution is 2.40. The Bertz CT molecular complexity index is 929. The topological polar surface area (TPSA) is 20.3 Å². The van der Waals surface area contributed by atoms with Gasteiger partial charge in [0.1, 0.15) is 0 Å². The normalized spacial score (nSPS) is 16.9. The minimum absolute atomic E-state index is 0.0142. The van der Waals surface area contributed by atoms with E-state index in [4.69, 9.17) is 0 Å². The number of alkyl halides is 2. The lowest BCUT2D eigenvalue weighted by Gasteiger charge is -2.18. The van der Waals surface area contributed by atoms with Gasteiger partial charge in [-0.15, -0.1) is 0 Å². The molecule has 0 N–H and O–H groups in total. The molecular formula is C26H32F2NOP. The molecule has 0 spiro atoms. The van der Waals surface area contributed by atoms with Crippen molar-refractivity contribution in [2.75, 3.05) is 13.1 Å². The molecule has 1 heterocycles. The molecule has 5 heteroatoms. The van der Waals surface area contributed by atoms with E-state index in [2.05, 4.69) is 12.2 Å². The SMILES string of the molecule is C/C=C\C(=C/C)C1CCN(C(=O)c2ccc(-c3ccccc3C(F)(F)P)cc2)C1.CC. The second kappa shape index (κ2) is 11.3. The van der Waals surface area contributed by atoms with E-state index in [1.165, 1.54) is 11.6 Å². The highest BCUT2D eigenvalue weighted by molar-refractivity contribution is 7.17. The third-order valence-corrected chi connectivity index (χ3v) is 5.68. The molecule has 2 nitrogen and oxygen atoms in total. The molecular weight excluding hydrogens is 411 g/mol. The lowest BCUT2D eigenvalue weighted by atomic mass is 9.97. The summed E-state index contributed by atoms with van der Waals surface area (Å²) in [7, 11) is 1.59. The van der Waals surface area contributed by atoms with Crippen molar-refractivity contribution < 1.29 is 13.6 Å². The number of benzene rings is 2. The van der Waals surface area contributed by atoms with Crippen molar-refractivity contribution >= 4 is 15.1 Å². The monoisotopic (exact) mass is 443 g/mol. The van der Waals surface area contributed by atoms with Crippen LogP contribution in [0.1, 0.15) is 50.0 Å². The van der Waals surface area contributed by atoms with Gasteiger partial charge in [0.2, 0.25) is 0 Å². The molecule has 2 aromatic rings. The largest absolute Gasteiger partial charge is 0.338 e. The molecule has 0 aromatic heterocycles. The summed E-state index contributed by atoms with van der Waals surface area (Å²) in [6.07, 6.45) is 7.18. The number of rotatable bonds is 5. The molecule has 3 rings (SSSR count). The molecule has 0 aliphatic carbocycles. The lowest BCUT2D eigenvalue weighted by Crippen LogP contribution is -2.28. The molecule has 2 aromatic carbocycles. The third kappa shape index (κ3) is 6.11. The summed E-state index contributed by atoms with van der Waals surface area (Å²) in [6, 6.07) is 13.4. The minimum atomic E-state index is -3.01. The Balaban J connectivity index is 0.00000166. The fourth-order valence-electron chi connectivity index (χ4n) is 3.88. The molecule has 1 aliphatic rings. The number of nitrogens with zero attached hydrogens (tertiary/aromatic N) is 1. The minimum Gasteiger partial charge on any atom is -0.338 e. The Morgan fingerprint density at radius 1 is 1.10 bits per heavy atom. The van der Waals surface area contributed by atoms with Crippen LogP contribution in [0.2, 0.25) is 0 Å². The van der Waals surface area contributed by atoms with Crippen LogP contribution in [0.3, 0.4) is 0 Å². The average Bonchev–Trinajstić information content (AvgIpc) is 3.28. The van der Waals surface area contributed by atoms with Gasteiger partial charge in [0.05, 0.1) is 0 Å². The standard InChI is InChI=1S/C24H26F2NOP.C2H6/c1-3-7-17(4-2)20-14-15-27(16-20)23(28)19-12-10-18(11-13-19)21-8-5-6-9-22(21)24(25,26)29;1-2/h3-13,20H,14-16,29H2,1-2H3;1-2H3/b7-3-,17-4+;. The number of carbonyl (C=O) groups is 1. The number of hydrogen-bond donors (Lipinski definition) is 0. The van der Waals surface area contributed by atoms with Gasteiger partial charge in [-0.25, -0.2) is 0 Å². The first-order valence-corrected chi connectivity index (χ1v) is 11.4. The quantitative estimate of drug-likeness (QED) is 0.351. The summed E-state index contributed by atoms with van der Waals surface area (Å²) in [5.74, 6) is 0.343. The van der Waals surface area contributed by atoms with E-state index in [1.807, 2.05) is 38.7 Å². The Morgan fingerprint density at radius 3 is 2.32 bits per heavy atom. The molecule has 1 saturated heterocycles. The molecule has 1 aliphatic heterocycles. The zero-order valence-corrected chi connectivity index (χ0v) is 19.9. The van der Waals surface area contributed by atoms with Crippen LogP contribution in [-0.4, -0.2) is 23.9 Å². The lowest BCUT2D eigenvalue weighted by molar-refractivity contribution is 0.0789. The first-order valence-electron chi connectivity index (χ1n) is 10.8. The maximum absolute atomic E-state index is 13.9. The molecule has 31 heavy (non-hydrogen) atoms. The zero-order valence-electron chi connectivity index (χ0n) is 18.7. The smallest absolute Gasteiger partial charge is 0.284 e. The molecule has 166 valence electrons. The van der Waals surface area contributed by atoms with Crippen molar-refractivity contribution in [3.63, 3.8) is 0 Å². The maximum atomic E-state index is 13.9. The van der Waals surface area contributed by atoms with Crippen LogP contribution >= 0.6 is 9.24 Å². The van der Waals surface area contributed by atoms with Gasteiger partial charge in [-0.3, -0.25) is 4.79 Å². The highest BCUT2D eigenvalue weighted by atomic mass is 31.0. The van der Waals surface area contributed by atoms with Crippen LogP contribution in [0.4, 0.5) is 8.78 Å². The van der Waals surface area contributed by atoms with E-state index in [9.17, 15) is 13.6 Å². The van der Waals surface area contributed by atoms with Crippen LogP contribution in [0.25, 0.3) is 11.1 Å². The van der Waals surface area contributed by atoms with Crippen molar-refractivity contribution in [2.45, 2.75) is 39.8 Å². The summed E-state index contributed by atoms with van der Waals surface area (Å²) < 4.78 is 27.8. The summed E-state index contributed by atoms with van der Waals surface area (Å²) >= 11 is 0. The number of halogens is 2. The van der Waals surface area contributed by atoms with Crippen LogP contribution in [0.5, 0.6) is 0 Å².